The molecule has 5 nitrogen and oxygen atoms in total. The summed E-state index contributed by atoms with van der Waals surface area (Å²) in [5.74, 6) is -1.85. The van der Waals surface area contributed by atoms with Crippen molar-refractivity contribution in [2.75, 3.05) is 6.54 Å². The Kier molecular flexibility index (Phi) is 5.71. The first-order chi connectivity index (χ1) is 9.70. The molecule has 0 heterocycles. The van der Waals surface area contributed by atoms with E-state index < -0.39 is 29.7 Å². The molecule has 8 heteroatoms. The van der Waals surface area contributed by atoms with Gasteiger partial charge in [0.25, 0.3) is 0 Å². The van der Waals surface area contributed by atoms with E-state index in [1.807, 2.05) is 0 Å². The van der Waals surface area contributed by atoms with Gasteiger partial charge in [-0.3, -0.25) is 4.79 Å². The first-order valence-corrected chi connectivity index (χ1v) is 6.04. The third-order valence-electron chi connectivity index (χ3n) is 2.67. The summed E-state index contributed by atoms with van der Waals surface area (Å²) >= 11 is 0. The Morgan fingerprint density at radius 2 is 1.76 bits per heavy atom. The second-order valence-electron chi connectivity index (χ2n) is 4.36. The van der Waals surface area contributed by atoms with E-state index >= 15 is 0 Å². The lowest BCUT2D eigenvalue weighted by molar-refractivity contribution is -0.147. The lowest BCUT2D eigenvalue weighted by Crippen LogP contribution is -2.30. The fourth-order valence-electron chi connectivity index (χ4n) is 1.53. The van der Waals surface area contributed by atoms with Gasteiger partial charge in [0.15, 0.2) is 6.10 Å². The molecule has 0 aliphatic rings. The highest BCUT2D eigenvalue weighted by atomic mass is 19.4. The van der Waals surface area contributed by atoms with Crippen LogP contribution in [-0.2, 0) is 22.2 Å². The van der Waals surface area contributed by atoms with Crippen LogP contribution in [-0.4, -0.2) is 34.7 Å². The molecule has 0 unspecified atom stereocenters. The van der Waals surface area contributed by atoms with Crippen LogP contribution >= 0.6 is 0 Å². The molecule has 3 N–H and O–H groups in total. The van der Waals surface area contributed by atoms with E-state index in [4.69, 9.17) is 10.2 Å². The van der Waals surface area contributed by atoms with E-state index in [0.29, 0.717) is 5.56 Å². The number of hydrogen-bond donors (Lipinski definition) is 3. The molecule has 0 radical (unpaired) electrons. The SMILES string of the molecule is O=C(Cc1ccc(C(F)(F)F)cc1)NCC[C@H](O)C(=O)O. The highest BCUT2D eigenvalue weighted by Gasteiger charge is 2.29. The van der Waals surface area contributed by atoms with Gasteiger partial charge in [-0.25, -0.2) is 4.79 Å². The van der Waals surface area contributed by atoms with Crippen molar-refractivity contribution in [3.05, 3.63) is 35.4 Å². The van der Waals surface area contributed by atoms with Crippen molar-refractivity contribution >= 4 is 11.9 Å². The van der Waals surface area contributed by atoms with Crippen LogP contribution < -0.4 is 5.32 Å². The molecule has 1 atom stereocenters. The fraction of sp³-hybridized carbons (Fsp3) is 0.385. The second-order valence-corrected chi connectivity index (χ2v) is 4.36. The van der Waals surface area contributed by atoms with Crippen molar-refractivity contribution in [1.29, 1.82) is 0 Å². The van der Waals surface area contributed by atoms with Crippen molar-refractivity contribution in [3.63, 3.8) is 0 Å². The van der Waals surface area contributed by atoms with E-state index in [1.165, 1.54) is 12.1 Å². The minimum atomic E-state index is -4.42. The summed E-state index contributed by atoms with van der Waals surface area (Å²) in [6.45, 7) is -0.0348. The van der Waals surface area contributed by atoms with Gasteiger partial charge in [0.1, 0.15) is 0 Å². The van der Waals surface area contributed by atoms with Crippen molar-refractivity contribution in [2.45, 2.75) is 25.1 Å². The molecule has 1 aromatic carbocycles. The minimum Gasteiger partial charge on any atom is -0.479 e. The molecular weight excluding hydrogens is 291 g/mol. The topological polar surface area (TPSA) is 86.6 Å². The monoisotopic (exact) mass is 305 g/mol. The van der Waals surface area contributed by atoms with Crippen LogP contribution in [0.3, 0.4) is 0 Å². The summed E-state index contributed by atoms with van der Waals surface area (Å²) in [6, 6.07) is 4.18. The molecule has 0 aliphatic carbocycles. The highest BCUT2D eigenvalue weighted by Crippen LogP contribution is 2.29. The number of aliphatic carboxylic acids is 1. The summed E-state index contributed by atoms with van der Waals surface area (Å²) in [7, 11) is 0. The first kappa shape index (κ1) is 17.0. The van der Waals surface area contributed by atoms with E-state index in [2.05, 4.69) is 5.32 Å². The first-order valence-electron chi connectivity index (χ1n) is 6.04. The molecule has 1 rings (SSSR count). The number of amides is 1. The van der Waals surface area contributed by atoms with Crippen molar-refractivity contribution in [3.8, 4) is 0 Å². The summed E-state index contributed by atoms with van der Waals surface area (Å²) in [5.41, 5.74) is -0.393. The third kappa shape index (κ3) is 5.82. The fourth-order valence-corrected chi connectivity index (χ4v) is 1.53. The highest BCUT2D eigenvalue weighted by molar-refractivity contribution is 5.78. The van der Waals surface area contributed by atoms with Gasteiger partial charge in [0, 0.05) is 13.0 Å². The molecule has 0 aromatic heterocycles. The summed E-state index contributed by atoms with van der Waals surface area (Å²) in [4.78, 5) is 21.8. The Morgan fingerprint density at radius 1 is 1.19 bits per heavy atom. The molecule has 1 aromatic rings. The number of aliphatic hydroxyl groups is 1. The maximum Gasteiger partial charge on any atom is 0.416 e. The molecular formula is C13H14F3NO4. The number of carbonyl (C=O) groups excluding carboxylic acids is 1. The average molecular weight is 305 g/mol. The molecule has 0 saturated carbocycles. The summed E-state index contributed by atoms with van der Waals surface area (Å²) in [6.07, 6.45) is -6.25. The second kappa shape index (κ2) is 7.07. The van der Waals surface area contributed by atoms with Crippen molar-refractivity contribution in [2.24, 2.45) is 0 Å². The van der Waals surface area contributed by atoms with Crippen molar-refractivity contribution in [1.82, 2.24) is 5.32 Å². The largest absolute Gasteiger partial charge is 0.479 e. The van der Waals surface area contributed by atoms with Gasteiger partial charge < -0.3 is 15.5 Å². The van der Waals surface area contributed by atoms with Crippen LogP contribution in [0.15, 0.2) is 24.3 Å². The molecule has 0 spiro atoms. The average Bonchev–Trinajstić information content (AvgIpc) is 2.38. The van der Waals surface area contributed by atoms with Gasteiger partial charge in [-0.1, -0.05) is 12.1 Å². The number of carbonyl (C=O) groups is 2. The number of hydrogen-bond acceptors (Lipinski definition) is 3. The van der Waals surface area contributed by atoms with Gasteiger partial charge in [0.2, 0.25) is 5.91 Å². The maximum absolute atomic E-state index is 12.3. The molecule has 21 heavy (non-hydrogen) atoms. The van der Waals surface area contributed by atoms with Crippen LogP contribution in [0.25, 0.3) is 0 Å². The lowest BCUT2D eigenvalue weighted by Gasteiger charge is -2.09. The van der Waals surface area contributed by atoms with Gasteiger partial charge in [-0.2, -0.15) is 13.2 Å². The zero-order valence-corrected chi connectivity index (χ0v) is 10.9. The Balaban J connectivity index is 2.43. The van der Waals surface area contributed by atoms with Crippen LogP contribution in [0.4, 0.5) is 13.2 Å². The van der Waals surface area contributed by atoms with Gasteiger partial charge >= 0.3 is 12.1 Å². The Labute approximate surface area is 118 Å². The summed E-state index contributed by atoms with van der Waals surface area (Å²) in [5, 5.41) is 19.8. The molecule has 0 fully saturated rings. The van der Waals surface area contributed by atoms with Gasteiger partial charge in [0.05, 0.1) is 12.0 Å². The Hall–Kier alpha value is -2.09. The zero-order valence-electron chi connectivity index (χ0n) is 10.9. The van der Waals surface area contributed by atoms with Crippen LogP contribution in [0.5, 0.6) is 0 Å². The van der Waals surface area contributed by atoms with Crippen LogP contribution in [0.1, 0.15) is 17.5 Å². The standard InChI is InChI=1S/C13H14F3NO4/c14-13(15,16)9-3-1-8(2-4-9)7-11(19)17-6-5-10(18)12(20)21/h1-4,10,18H,5-7H2,(H,17,19)(H,20,21)/t10-/m0/s1. The quantitative estimate of drug-likeness (QED) is 0.737. The predicted octanol–water partition coefficient (Wildman–Crippen LogP) is 1.20. The van der Waals surface area contributed by atoms with E-state index in [1.54, 1.807) is 0 Å². The smallest absolute Gasteiger partial charge is 0.416 e. The van der Waals surface area contributed by atoms with Crippen molar-refractivity contribution < 1.29 is 33.0 Å². The Morgan fingerprint density at radius 3 is 2.24 bits per heavy atom. The van der Waals surface area contributed by atoms with Gasteiger partial charge in [-0.05, 0) is 17.7 Å². The summed E-state index contributed by atoms with van der Waals surface area (Å²) < 4.78 is 37.0. The lowest BCUT2D eigenvalue weighted by atomic mass is 10.1. The maximum atomic E-state index is 12.3. The van der Waals surface area contributed by atoms with Gasteiger partial charge in [-0.15, -0.1) is 0 Å². The minimum absolute atomic E-state index is 0.0348. The van der Waals surface area contributed by atoms with E-state index in [-0.39, 0.29) is 19.4 Å². The molecule has 0 saturated heterocycles. The van der Waals surface area contributed by atoms with E-state index in [0.717, 1.165) is 12.1 Å². The third-order valence-corrected chi connectivity index (χ3v) is 2.67. The number of carboxylic acids is 1. The Bertz CT molecular complexity index is 499. The number of rotatable bonds is 6. The normalized spacial score (nSPS) is 12.8. The molecule has 0 aliphatic heterocycles. The van der Waals surface area contributed by atoms with Crippen LogP contribution in [0.2, 0.25) is 0 Å². The predicted molar refractivity (Wildman–Crippen MR) is 66.4 cm³/mol. The van der Waals surface area contributed by atoms with E-state index in [9.17, 15) is 22.8 Å². The molecule has 0 bridgehead atoms. The number of halogens is 3. The number of alkyl halides is 3. The number of benzene rings is 1. The molecule has 1 amide bonds. The number of carboxylic acid groups (broad SMARTS) is 1. The molecule has 116 valence electrons. The zero-order chi connectivity index (χ0) is 16.0. The number of nitrogens with one attached hydrogen (secondary N) is 1. The van der Waals surface area contributed by atoms with Crippen LogP contribution in [0, 0.1) is 0 Å². The number of aliphatic hydroxyl groups excluding tert-OH is 1.